The maximum atomic E-state index is 11.2. The van der Waals surface area contributed by atoms with E-state index in [0.717, 1.165) is 6.29 Å². The van der Waals surface area contributed by atoms with E-state index in [2.05, 4.69) is 5.32 Å². The van der Waals surface area contributed by atoms with Crippen LogP contribution in [0.15, 0.2) is 0 Å². The summed E-state index contributed by atoms with van der Waals surface area (Å²) in [6.07, 6.45) is 0.0729. The molecular weight excluding hydrogens is 208 g/mol. The highest BCUT2D eigenvalue weighted by Crippen LogP contribution is 2.31. The first-order valence-electron chi connectivity index (χ1n) is 5.55. The molecule has 1 fully saturated rings. The van der Waals surface area contributed by atoms with Crippen LogP contribution in [0.5, 0.6) is 0 Å². The van der Waals surface area contributed by atoms with Gasteiger partial charge in [0.2, 0.25) is 0 Å². The van der Waals surface area contributed by atoms with Crippen LogP contribution >= 0.6 is 0 Å². The Morgan fingerprint density at radius 1 is 1.44 bits per heavy atom. The van der Waals surface area contributed by atoms with E-state index in [1.807, 2.05) is 32.6 Å². The van der Waals surface area contributed by atoms with Gasteiger partial charge >= 0.3 is 0 Å². The Kier molecular flexibility index (Phi) is 3.74. The van der Waals surface area contributed by atoms with Crippen LogP contribution in [0.3, 0.4) is 0 Å². The van der Waals surface area contributed by atoms with Gasteiger partial charge in [-0.3, -0.25) is 10.2 Å². The third kappa shape index (κ3) is 2.43. The highest BCUT2D eigenvalue weighted by atomic mass is 16.3. The van der Waals surface area contributed by atoms with Crippen LogP contribution in [0.2, 0.25) is 0 Å². The van der Waals surface area contributed by atoms with Gasteiger partial charge in [-0.1, -0.05) is 0 Å². The van der Waals surface area contributed by atoms with Crippen molar-refractivity contribution in [3.8, 4) is 0 Å². The molecule has 1 aliphatic heterocycles. The minimum atomic E-state index is -0.822. The van der Waals surface area contributed by atoms with Crippen molar-refractivity contribution in [1.29, 1.82) is 0 Å². The minimum Gasteiger partial charge on any atom is -0.394 e. The Labute approximate surface area is 96.4 Å². The molecule has 1 rings (SSSR count). The lowest BCUT2D eigenvalue weighted by Crippen LogP contribution is -2.51. The second-order valence-electron chi connectivity index (χ2n) is 5.48. The molecule has 0 bridgehead atoms. The summed E-state index contributed by atoms with van der Waals surface area (Å²) in [7, 11) is 0. The normalized spacial score (nSPS) is 30.2. The first-order chi connectivity index (χ1) is 7.24. The molecule has 0 amide bonds. The summed E-state index contributed by atoms with van der Waals surface area (Å²) in [4.78, 5) is 13.1. The van der Waals surface area contributed by atoms with Crippen LogP contribution in [-0.2, 0) is 4.79 Å². The van der Waals surface area contributed by atoms with Gasteiger partial charge in [0.05, 0.1) is 24.4 Å². The summed E-state index contributed by atoms with van der Waals surface area (Å²) in [5.41, 5.74) is -0.703. The van der Waals surface area contributed by atoms with Crippen molar-refractivity contribution in [1.82, 2.24) is 10.2 Å². The lowest BCUT2D eigenvalue weighted by atomic mass is 9.97. The molecule has 1 heterocycles. The number of carbonyl (C=O) groups is 1. The summed E-state index contributed by atoms with van der Waals surface area (Å²) in [6, 6.07) is -0.302. The Balaban J connectivity index is 2.90. The van der Waals surface area contributed by atoms with Crippen molar-refractivity contribution in [2.24, 2.45) is 0 Å². The molecule has 0 aliphatic carbocycles. The van der Waals surface area contributed by atoms with Crippen LogP contribution < -0.4 is 5.32 Å². The molecule has 1 aliphatic rings. The SMILES string of the molecule is CC1(C)NC(C)(C)N(CC(O)CO)C1C=O. The lowest BCUT2D eigenvalue weighted by Gasteiger charge is -2.34. The van der Waals surface area contributed by atoms with Gasteiger partial charge in [0.1, 0.15) is 6.29 Å². The number of hydrogen-bond donors (Lipinski definition) is 3. The van der Waals surface area contributed by atoms with Gasteiger partial charge < -0.3 is 15.0 Å². The summed E-state index contributed by atoms with van der Waals surface area (Å²) < 4.78 is 0. The molecular formula is C11H22N2O3. The van der Waals surface area contributed by atoms with Crippen molar-refractivity contribution in [3.05, 3.63) is 0 Å². The van der Waals surface area contributed by atoms with E-state index in [0.29, 0.717) is 0 Å². The quantitative estimate of drug-likeness (QED) is 0.559. The van der Waals surface area contributed by atoms with E-state index in [1.165, 1.54) is 0 Å². The zero-order valence-corrected chi connectivity index (χ0v) is 10.4. The largest absolute Gasteiger partial charge is 0.394 e. The van der Waals surface area contributed by atoms with Crippen LogP contribution in [0.25, 0.3) is 0 Å². The molecule has 1 saturated heterocycles. The summed E-state index contributed by atoms with van der Waals surface area (Å²) in [6.45, 7) is 7.82. The Morgan fingerprint density at radius 3 is 2.44 bits per heavy atom. The Morgan fingerprint density at radius 2 is 2.00 bits per heavy atom. The molecule has 5 heteroatoms. The second-order valence-corrected chi connectivity index (χ2v) is 5.48. The van der Waals surface area contributed by atoms with Gasteiger partial charge in [-0.15, -0.1) is 0 Å². The average Bonchev–Trinajstić information content (AvgIpc) is 2.31. The van der Waals surface area contributed by atoms with E-state index in [9.17, 15) is 9.90 Å². The van der Waals surface area contributed by atoms with E-state index in [4.69, 9.17) is 5.11 Å². The standard InChI is InChI=1S/C11H22N2O3/c1-10(2)9(7-15)13(5-8(16)6-14)11(3,4)12-10/h7-9,12,14,16H,5-6H2,1-4H3. The van der Waals surface area contributed by atoms with Gasteiger partial charge in [0, 0.05) is 12.1 Å². The van der Waals surface area contributed by atoms with Crippen molar-refractivity contribution in [2.75, 3.05) is 13.2 Å². The molecule has 0 spiro atoms. The number of nitrogens with one attached hydrogen (secondary N) is 1. The zero-order chi connectivity index (χ0) is 12.6. The predicted molar refractivity (Wildman–Crippen MR) is 60.9 cm³/mol. The fraction of sp³-hybridized carbons (Fsp3) is 0.909. The summed E-state index contributed by atoms with van der Waals surface area (Å²) >= 11 is 0. The lowest BCUT2D eigenvalue weighted by molar-refractivity contribution is -0.114. The van der Waals surface area contributed by atoms with E-state index in [-0.39, 0.29) is 30.4 Å². The van der Waals surface area contributed by atoms with Gasteiger partial charge in [-0.05, 0) is 27.7 Å². The number of carbonyl (C=O) groups excluding carboxylic acids is 1. The number of rotatable bonds is 4. The fourth-order valence-corrected chi connectivity index (χ4v) is 2.54. The maximum Gasteiger partial charge on any atom is 0.139 e. The number of aliphatic hydroxyl groups excluding tert-OH is 2. The second kappa shape index (κ2) is 4.41. The Bertz CT molecular complexity index is 266. The number of aliphatic hydroxyl groups is 2. The molecule has 3 N–H and O–H groups in total. The number of nitrogens with zero attached hydrogens (tertiary/aromatic N) is 1. The maximum absolute atomic E-state index is 11.2. The predicted octanol–water partition coefficient (Wildman–Crippen LogP) is -0.673. The van der Waals surface area contributed by atoms with Gasteiger partial charge in [-0.25, -0.2) is 0 Å². The summed E-state index contributed by atoms with van der Waals surface area (Å²) in [5, 5.41) is 21.7. The molecule has 0 saturated carbocycles. The molecule has 94 valence electrons. The molecule has 2 atom stereocenters. The van der Waals surface area contributed by atoms with Gasteiger partial charge in [0.25, 0.3) is 0 Å². The van der Waals surface area contributed by atoms with Crippen LogP contribution in [0, 0.1) is 0 Å². The minimum absolute atomic E-state index is 0.281. The molecule has 2 unspecified atom stereocenters. The van der Waals surface area contributed by atoms with Crippen molar-refractivity contribution >= 4 is 6.29 Å². The number of aldehydes is 1. The summed E-state index contributed by atoms with van der Waals surface area (Å²) in [5.74, 6) is 0. The third-order valence-electron chi connectivity index (χ3n) is 3.17. The molecule has 16 heavy (non-hydrogen) atoms. The first kappa shape index (κ1) is 13.6. The monoisotopic (exact) mass is 230 g/mol. The van der Waals surface area contributed by atoms with Crippen molar-refractivity contribution in [2.45, 2.75) is 51.0 Å². The third-order valence-corrected chi connectivity index (χ3v) is 3.17. The molecule has 0 aromatic rings. The topological polar surface area (TPSA) is 72.8 Å². The average molecular weight is 230 g/mol. The van der Waals surface area contributed by atoms with E-state index >= 15 is 0 Å². The van der Waals surface area contributed by atoms with Crippen molar-refractivity contribution in [3.63, 3.8) is 0 Å². The molecule has 5 nitrogen and oxygen atoms in total. The highest BCUT2D eigenvalue weighted by molar-refractivity contribution is 5.61. The fourth-order valence-electron chi connectivity index (χ4n) is 2.54. The number of hydrogen-bond acceptors (Lipinski definition) is 5. The zero-order valence-electron chi connectivity index (χ0n) is 10.4. The van der Waals surface area contributed by atoms with E-state index < -0.39 is 6.10 Å². The van der Waals surface area contributed by atoms with Crippen molar-refractivity contribution < 1.29 is 15.0 Å². The Hall–Kier alpha value is -0.490. The molecule has 0 aromatic carbocycles. The van der Waals surface area contributed by atoms with Crippen LogP contribution in [0.1, 0.15) is 27.7 Å². The first-order valence-corrected chi connectivity index (χ1v) is 5.55. The van der Waals surface area contributed by atoms with Crippen LogP contribution in [0.4, 0.5) is 0 Å². The highest BCUT2D eigenvalue weighted by Gasteiger charge is 2.50. The molecule has 0 radical (unpaired) electrons. The van der Waals surface area contributed by atoms with Gasteiger partial charge in [-0.2, -0.15) is 0 Å². The molecule has 0 aromatic heterocycles. The number of β-amino-alcohol motifs (C(OH)–C–C–N with tert-alkyl or cyclic N) is 1. The smallest absolute Gasteiger partial charge is 0.139 e. The van der Waals surface area contributed by atoms with Gasteiger partial charge in [0.15, 0.2) is 0 Å². The van der Waals surface area contributed by atoms with Crippen LogP contribution in [-0.4, -0.2) is 57.9 Å². The van der Waals surface area contributed by atoms with E-state index in [1.54, 1.807) is 0 Å².